The lowest BCUT2D eigenvalue weighted by Crippen LogP contribution is -2.66. The molecule has 0 rings (SSSR count). The maximum Gasteiger partial charge on any atom is 0.505 e. The van der Waals surface area contributed by atoms with Gasteiger partial charge in [0.1, 0.15) is 0 Å². The molecule has 1 unspecified atom stereocenters. The quantitative estimate of drug-likeness (QED) is 0.343. The lowest BCUT2D eigenvalue weighted by Gasteiger charge is -2.47. The van der Waals surface area contributed by atoms with Crippen molar-refractivity contribution in [1.29, 1.82) is 0 Å². The summed E-state index contributed by atoms with van der Waals surface area (Å²) < 4.78 is 48.5. The number of hydrogen-bond donors (Lipinski definition) is 0. The highest BCUT2D eigenvalue weighted by Gasteiger charge is 2.65. The predicted octanol–water partition coefficient (Wildman–Crippen LogP) is 3.43. The van der Waals surface area contributed by atoms with Crippen LogP contribution in [0, 0.1) is 0 Å². The molecule has 1 atom stereocenters. The van der Waals surface area contributed by atoms with Crippen LogP contribution in [0.2, 0.25) is 57.0 Å². The number of rotatable bonds is 14. The molecule has 0 radical (unpaired) electrons. The van der Waals surface area contributed by atoms with Gasteiger partial charge in [-0.25, -0.2) is 0 Å². The van der Waals surface area contributed by atoms with Crippen molar-refractivity contribution >= 4 is 42.8 Å². The largest absolute Gasteiger partial charge is 0.505 e. The summed E-state index contributed by atoms with van der Waals surface area (Å²) in [6, 6.07) is 0.427. The first-order valence-electron chi connectivity index (χ1n) is 9.33. The second kappa shape index (κ2) is 10.9. The van der Waals surface area contributed by atoms with Crippen molar-refractivity contribution < 1.29 is 34.8 Å². The van der Waals surface area contributed by atoms with E-state index in [0.717, 1.165) is 0 Å². The van der Waals surface area contributed by atoms with Crippen molar-refractivity contribution in [3.05, 3.63) is 0 Å². The minimum atomic E-state index is -3.19. The van der Waals surface area contributed by atoms with Crippen molar-refractivity contribution in [3.63, 3.8) is 0 Å². The standard InChI is InChI=1S/C15H42O8Si5/c1-16-27(17-2,18-3)14-15(28(19-4,20-5)21-6)26(13,22-24(7,8)9)23-25(10,11)12/h15H,14H2,1-13H3. The van der Waals surface area contributed by atoms with E-state index in [-0.39, 0.29) is 5.16 Å². The lowest BCUT2D eigenvalue weighted by atomic mass is 10.9. The first-order chi connectivity index (χ1) is 12.6. The molecule has 0 heterocycles. The third-order valence-electron chi connectivity index (χ3n) is 4.32. The second-order valence-corrected chi connectivity index (χ2v) is 28.2. The van der Waals surface area contributed by atoms with Gasteiger partial charge in [-0.1, -0.05) is 0 Å². The van der Waals surface area contributed by atoms with Crippen molar-refractivity contribution in [1.82, 2.24) is 0 Å². The normalized spacial score (nSPS) is 15.8. The summed E-state index contributed by atoms with van der Waals surface area (Å²) in [5.41, 5.74) is 0. The molecule has 0 fully saturated rings. The van der Waals surface area contributed by atoms with Crippen LogP contribution in [-0.2, 0) is 34.8 Å². The molecular formula is C15H42O8Si5. The molecule has 0 saturated carbocycles. The van der Waals surface area contributed by atoms with Gasteiger partial charge in [-0.15, -0.1) is 0 Å². The zero-order valence-electron chi connectivity index (χ0n) is 20.1. The highest BCUT2D eigenvalue weighted by Crippen LogP contribution is 2.44. The Balaban J connectivity index is 6.61. The molecule has 0 N–H and O–H groups in total. The fourth-order valence-corrected chi connectivity index (χ4v) is 26.4. The smallest absolute Gasteiger partial charge is 0.436 e. The van der Waals surface area contributed by atoms with E-state index in [1.807, 2.05) is 0 Å². The van der Waals surface area contributed by atoms with Gasteiger partial charge in [0.05, 0.1) is 5.16 Å². The van der Waals surface area contributed by atoms with Crippen molar-refractivity contribution in [2.45, 2.75) is 57.0 Å². The summed E-state index contributed by atoms with van der Waals surface area (Å²) in [4.78, 5) is 0. The summed E-state index contributed by atoms with van der Waals surface area (Å²) in [5, 5.41) is -0.287. The van der Waals surface area contributed by atoms with Crippen molar-refractivity contribution in [3.8, 4) is 0 Å². The number of hydrogen-bond acceptors (Lipinski definition) is 8. The molecule has 13 heteroatoms. The van der Waals surface area contributed by atoms with E-state index in [1.54, 1.807) is 42.7 Å². The fourth-order valence-electron chi connectivity index (χ4n) is 3.44. The lowest BCUT2D eigenvalue weighted by molar-refractivity contribution is 0.101. The Morgan fingerprint density at radius 2 is 0.857 bits per heavy atom. The minimum absolute atomic E-state index is 0.287. The molecule has 28 heavy (non-hydrogen) atoms. The van der Waals surface area contributed by atoms with Crippen molar-refractivity contribution in [2.75, 3.05) is 42.7 Å². The molecule has 0 spiro atoms. The highest BCUT2D eigenvalue weighted by molar-refractivity contribution is 6.95. The molecular weight excluding hydrogens is 449 g/mol. The molecule has 0 aliphatic carbocycles. The zero-order chi connectivity index (χ0) is 22.4. The van der Waals surface area contributed by atoms with Gasteiger partial charge in [0.15, 0.2) is 16.6 Å². The van der Waals surface area contributed by atoms with Crippen LogP contribution in [0.3, 0.4) is 0 Å². The van der Waals surface area contributed by atoms with Gasteiger partial charge in [-0.2, -0.15) is 0 Å². The summed E-state index contributed by atoms with van der Waals surface area (Å²) in [6.07, 6.45) is 0. The Morgan fingerprint density at radius 3 is 1.07 bits per heavy atom. The summed E-state index contributed by atoms with van der Waals surface area (Å²) in [6.45, 7) is 15.0. The fraction of sp³-hybridized carbons (Fsp3) is 1.00. The highest BCUT2D eigenvalue weighted by atomic mass is 28.5. The first kappa shape index (κ1) is 28.8. The van der Waals surface area contributed by atoms with Gasteiger partial charge in [0, 0.05) is 48.7 Å². The van der Waals surface area contributed by atoms with Gasteiger partial charge in [0.25, 0.3) is 0 Å². The Morgan fingerprint density at radius 1 is 0.536 bits per heavy atom. The maximum atomic E-state index is 6.79. The molecule has 0 aliphatic rings. The Hall–Kier alpha value is 0.764. The molecule has 0 bridgehead atoms. The van der Waals surface area contributed by atoms with Crippen molar-refractivity contribution in [2.24, 2.45) is 0 Å². The van der Waals surface area contributed by atoms with Gasteiger partial charge in [0.2, 0.25) is 0 Å². The molecule has 0 aromatic carbocycles. The van der Waals surface area contributed by atoms with E-state index >= 15 is 0 Å². The van der Waals surface area contributed by atoms with Gasteiger partial charge in [-0.05, 0) is 45.8 Å². The van der Waals surface area contributed by atoms with Crippen LogP contribution >= 0.6 is 0 Å². The predicted molar refractivity (Wildman–Crippen MR) is 123 cm³/mol. The van der Waals surface area contributed by atoms with Crippen LogP contribution in [-0.4, -0.2) is 85.5 Å². The molecule has 0 amide bonds. The monoisotopic (exact) mass is 490 g/mol. The molecule has 0 aromatic rings. The van der Waals surface area contributed by atoms with Gasteiger partial charge >= 0.3 is 26.2 Å². The van der Waals surface area contributed by atoms with Crippen LogP contribution in [0.1, 0.15) is 0 Å². The Labute approximate surface area is 177 Å². The third-order valence-corrected chi connectivity index (χ3v) is 22.9. The van der Waals surface area contributed by atoms with E-state index < -0.39 is 42.8 Å². The molecule has 0 saturated heterocycles. The second-order valence-electron chi connectivity index (χ2n) is 8.71. The van der Waals surface area contributed by atoms with Crippen LogP contribution in [0.15, 0.2) is 0 Å². The van der Waals surface area contributed by atoms with Crippen LogP contribution < -0.4 is 0 Å². The van der Waals surface area contributed by atoms with Gasteiger partial charge < -0.3 is 34.8 Å². The maximum absolute atomic E-state index is 6.79. The van der Waals surface area contributed by atoms with E-state index in [4.69, 9.17) is 34.8 Å². The van der Waals surface area contributed by atoms with E-state index in [1.165, 1.54) is 0 Å². The van der Waals surface area contributed by atoms with E-state index in [0.29, 0.717) is 6.04 Å². The Kier molecular flexibility index (Phi) is 11.2. The molecule has 0 aliphatic heterocycles. The zero-order valence-corrected chi connectivity index (χ0v) is 25.1. The van der Waals surface area contributed by atoms with Crippen LogP contribution in [0.4, 0.5) is 0 Å². The Bertz CT molecular complexity index is 428. The van der Waals surface area contributed by atoms with E-state index in [9.17, 15) is 0 Å². The van der Waals surface area contributed by atoms with E-state index in [2.05, 4.69) is 45.8 Å². The van der Waals surface area contributed by atoms with Gasteiger partial charge in [-0.3, -0.25) is 0 Å². The average molecular weight is 491 g/mol. The third kappa shape index (κ3) is 7.79. The summed E-state index contributed by atoms with van der Waals surface area (Å²) in [7, 11) is -3.40. The summed E-state index contributed by atoms with van der Waals surface area (Å²) in [5.74, 6) is 0. The summed E-state index contributed by atoms with van der Waals surface area (Å²) >= 11 is 0. The topological polar surface area (TPSA) is 73.8 Å². The molecule has 0 aromatic heterocycles. The van der Waals surface area contributed by atoms with Crippen LogP contribution in [0.25, 0.3) is 0 Å². The average Bonchev–Trinajstić information content (AvgIpc) is 2.56. The molecule has 8 nitrogen and oxygen atoms in total. The first-order valence-corrected chi connectivity index (χ1v) is 22.3. The molecule has 170 valence electrons. The minimum Gasteiger partial charge on any atom is -0.436 e. The van der Waals surface area contributed by atoms with Crippen LogP contribution in [0.5, 0.6) is 0 Å². The SMILES string of the molecule is CO[Si](CC([Si](C)(O[Si](C)(C)C)O[Si](C)(C)C)[Si](OC)(OC)OC)(OC)OC.